The Morgan fingerprint density at radius 2 is 1.66 bits per heavy atom. The molecule has 0 bridgehead atoms. The van der Waals surface area contributed by atoms with E-state index >= 15 is 0 Å². The lowest BCUT2D eigenvalue weighted by atomic mass is 10.0. The molecule has 178 valence electrons. The van der Waals surface area contributed by atoms with Crippen molar-refractivity contribution in [3.63, 3.8) is 0 Å². The Hall–Kier alpha value is -3.77. The number of carbonyl (C=O) groups excluding carboxylic acids is 2. The number of ketones is 1. The monoisotopic (exact) mass is 487 g/mol. The van der Waals surface area contributed by atoms with Gasteiger partial charge >= 0.3 is 0 Å². The Bertz CT molecular complexity index is 1400. The number of methoxy groups -OCH3 is 1. The largest absolute Gasteiger partial charge is 0.497 e. The number of anilines is 1. The normalized spacial score (nSPS) is 13.8. The predicted molar refractivity (Wildman–Crippen MR) is 139 cm³/mol. The summed E-state index contributed by atoms with van der Waals surface area (Å²) in [6.45, 7) is 4.27. The Kier molecular flexibility index (Phi) is 6.22. The van der Waals surface area contributed by atoms with Gasteiger partial charge < -0.3 is 18.9 Å². The van der Waals surface area contributed by atoms with E-state index in [0.29, 0.717) is 36.9 Å². The smallest absolute Gasteiger partial charge is 0.296 e. The van der Waals surface area contributed by atoms with Crippen LogP contribution in [-0.2, 0) is 4.79 Å². The zero-order chi connectivity index (χ0) is 24.5. The third-order valence-corrected chi connectivity index (χ3v) is 6.80. The number of amides is 1. The second-order valence-electron chi connectivity index (χ2n) is 8.67. The number of hydrogen-bond acceptors (Lipinski definition) is 4. The molecule has 5 rings (SSSR count). The van der Waals surface area contributed by atoms with E-state index in [1.165, 1.54) is 0 Å². The number of ether oxygens (including phenoxy) is 1. The van der Waals surface area contributed by atoms with Crippen molar-refractivity contribution in [1.29, 1.82) is 0 Å². The minimum atomic E-state index is -0.505. The van der Waals surface area contributed by atoms with Gasteiger partial charge in [0.15, 0.2) is 0 Å². The van der Waals surface area contributed by atoms with E-state index in [9.17, 15) is 9.59 Å². The first-order valence-corrected chi connectivity index (χ1v) is 11.9. The van der Waals surface area contributed by atoms with Gasteiger partial charge in [0.05, 0.1) is 7.11 Å². The maximum Gasteiger partial charge on any atom is 0.296 e. The fourth-order valence-corrected chi connectivity index (χ4v) is 4.83. The second-order valence-corrected chi connectivity index (χ2v) is 9.11. The van der Waals surface area contributed by atoms with Crippen LogP contribution in [0.15, 0.2) is 72.9 Å². The highest BCUT2D eigenvalue weighted by Crippen LogP contribution is 2.30. The van der Waals surface area contributed by atoms with Crippen molar-refractivity contribution in [2.24, 2.45) is 0 Å². The number of aryl methyl sites for hydroxylation is 1. The van der Waals surface area contributed by atoms with Gasteiger partial charge in [0.25, 0.3) is 11.7 Å². The third kappa shape index (κ3) is 4.37. The Morgan fingerprint density at radius 3 is 2.37 bits per heavy atom. The Labute approximate surface area is 209 Å². The molecular weight excluding hydrogens is 462 g/mol. The average Bonchev–Trinajstić information content (AvgIpc) is 3.29. The zero-order valence-electron chi connectivity index (χ0n) is 19.7. The quantitative estimate of drug-likeness (QED) is 0.290. The second kappa shape index (κ2) is 9.47. The van der Waals surface area contributed by atoms with Gasteiger partial charge in [-0.1, -0.05) is 35.9 Å². The molecule has 3 heterocycles. The van der Waals surface area contributed by atoms with Crippen molar-refractivity contribution >= 4 is 34.5 Å². The van der Waals surface area contributed by atoms with E-state index in [0.717, 1.165) is 33.6 Å². The molecule has 1 fully saturated rings. The van der Waals surface area contributed by atoms with Crippen molar-refractivity contribution in [2.75, 3.05) is 38.2 Å². The summed E-state index contributed by atoms with van der Waals surface area (Å²) in [7, 11) is 1.61. The van der Waals surface area contributed by atoms with Gasteiger partial charge in [-0.25, -0.2) is 0 Å². The number of fused-ring (bicyclic) bond motifs is 1. The molecule has 0 aliphatic carbocycles. The van der Waals surface area contributed by atoms with Crippen LogP contribution in [0.2, 0.25) is 5.02 Å². The lowest BCUT2D eigenvalue weighted by Crippen LogP contribution is -2.51. The lowest BCUT2D eigenvalue weighted by Gasteiger charge is -2.36. The minimum Gasteiger partial charge on any atom is -0.497 e. The maximum atomic E-state index is 13.6. The van der Waals surface area contributed by atoms with E-state index in [-0.39, 0.29) is 0 Å². The van der Waals surface area contributed by atoms with Gasteiger partial charge in [0.1, 0.15) is 11.4 Å². The molecule has 1 aliphatic rings. The minimum absolute atomic E-state index is 0.379. The molecule has 0 spiro atoms. The average molecular weight is 488 g/mol. The maximum absolute atomic E-state index is 13.6. The number of Topliss-reactive ketones (excluding diaryl/α,β-unsaturated/α-hetero) is 1. The molecule has 35 heavy (non-hydrogen) atoms. The number of hydrogen-bond donors (Lipinski definition) is 0. The van der Waals surface area contributed by atoms with Crippen molar-refractivity contribution < 1.29 is 14.3 Å². The van der Waals surface area contributed by atoms with Crippen LogP contribution in [0.5, 0.6) is 5.75 Å². The fraction of sp³-hybridized carbons (Fsp3) is 0.214. The number of pyridine rings is 1. The number of carbonyl (C=O) groups is 2. The van der Waals surface area contributed by atoms with Crippen molar-refractivity contribution in [3.05, 3.63) is 89.2 Å². The highest BCUT2D eigenvalue weighted by Gasteiger charge is 2.31. The molecular formula is C28H26ClN3O3. The molecule has 6 nitrogen and oxygen atoms in total. The highest BCUT2D eigenvalue weighted by molar-refractivity contribution is 6.43. The molecule has 0 radical (unpaired) electrons. The predicted octanol–water partition coefficient (Wildman–Crippen LogP) is 5.11. The zero-order valence-corrected chi connectivity index (χ0v) is 20.5. The third-order valence-electron chi connectivity index (χ3n) is 6.57. The van der Waals surface area contributed by atoms with E-state index in [4.69, 9.17) is 16.3 Å². The van der Waals surface area contributed by atoms with Crippen LogP contribution >= 0.6 is 11.6 Å². The molecule has 1 aliphatic heterocycles. The van der Waals surface area contributed by atoms with E-state index in [2.05, 4.69) is 4.90 Å². The summed E-state index contributed by atoms with van der Waals surface area (Å²) in [5, 5.41) is 0.686. The van der Waals surface area contributed by atoms with Crippen LogP contribution in [0.25, 0.3) is 16.6 Å². The molecule has 7 heteroatoms. The summed E-state index contributed by atoms with van der Waals surface area (Å²) in [5.41, 5.74) is 5.02. The molecule has 0 atom stereocenters. The van der Waals surface area contributed by atoms with Crippen LogP contribution in [0.3, 0.4) is 0 Å². The molecule has 1 saturated heterocycles. The molecule has 1 amide bonds. The van der Waals surface area contributed by atoms with E-state index in [1.807, 2.05) is 79.9 Å². The first-order chi connectivity index (χ1) is 17.0. The SMILES string of the molecule is COc1ccc(-c2cc3ccccn3c2C(=O)C(=O)N2CCN(c3cc(Cl)ccc3C)CC2)cc1. The van der Waals surface area contributed by atoms with Gasteiger partial charge in [0.2, 0.25) is 0 Å². The highest BCUT2D eigenvalue weighted by atomic mass is 35.5. The van der Waals surface area contributed by atoms with E-state index in [1.54, 1.807) is 16.4 Å². The summed E-state index contributed by atoms with van der Waals surface area (Å²) in [6.07, 6.45) is 1.82. The summed E-state index contributed by atoms with van der Waals surface area (Å²) in [6, 6.07) is 21.0. The number of nitrogens with zero attached hydrogens (tertiary/aromatic N) is 3. The van der Waals surface area contributed by atoms with Gasteiger partial charge in [0, 0.05) is 54.2 Å². The first-order valence-electron chi connectivity index (χ1n) is 11.6. The standard InChI is InChI=1S/C28H26ClN3O3/c1-19-6-9-21(29)17-25(19)30-13-15-31(16-14-30)28(34)27(33)26-24(18-22-5-3-4-12-32(22)26)20-7-10-23(35-2)11-8-20/h3-12,17-18H,13-16H2,1-2H3. The van der Waals surface area contributed by atoms with Crippen LogP contribution in [0, 0.1) is 6.92 Å². The van der Waals surface area contributed by atoms with Gasteiger partial charge in [-0.05, 0) is 60.5 Å². The van der Waals surface area contributed by atoms with Crippen molar-refractivity contribution in [3.8, 4) is 16.9 Å². The topological polar surface area (TPSA) is 54.3 Å². The van der Waals surface area contributed by atoms with E-state index < -0.39 is 11.7 Å². The van der Waals surface area contributed by atoms with Crippen LogP contribution < -0.4 is 9.64 Å². The first kappa shape index (κ1) is 23.0. The summed E-state index contributed by atoms with van der Waals surface area (Å²) >= 11 is 6.20. The Balaban J connectivity index is 1.41. The number of rotatable bonds is 5. The van der Waals surface area contributed by atoms with Crippen LogP contribution in [-0.4, -0.2) is 54.3 Å². The Morgan fingerprint density at radius 1 is 0.914 bits per heavy atom. The lowest BCUT2D eigenvalue weighted by molar-refractivity contribution is -0.126. The van der Waals surface area contributed by atoms with Crippen LogP contribution in [0.4, 0.5) is 5.69 Å². The summed E-state index contributed by atoms with van der Waals surface area (Å²) in [4.78, 5) is 30.9. The molecule has 2 aromatic heterocycles. The number of halogens is 1. The molecule has 4 aromatic rings. The van der Waals surface area contributed by atoms with Crippen molar-refractivity contribution in [1.82, 2.24) is 9.30 Å². The van der Waals surface area contributed by atoms with Crippen molar-refractivity contribution in [2.45, 2.75) is 6.92 Å². The van der Waals surface area contributed by atoms with Gasteiger partial charge in [-0.3, -0.25) is 9.59 Å². The molecule has 0 saturated carbocycles. The molecule has 0 unspecified atom stereocenters. The van der Waals surface area contributed by atoms with Gasteiger partial charge in [-0.2, -0.15) is 0 Å². The number of benzene rings is 2. The summed E-state index contributed by atoms with van der Waals surface area (Å²) in [5.74, 6) is -0.255. The molecule has 0 N–H and O–H groups in total. The fourth-order valence-electron chi connectivity index (χ4n) is 4.66. The van der Waals surface area contributed by atoms with Gasteiger partial charge in [-0.15, -0.1) is 0 Å². The molecule has 2 aromatic carbocycles. The number of aromatic nitrogens is 1. The van der Waals surface area contributed by atoms with Crippen LogP contribution in [0.1, 0.15) is 16.1 Å². The summed E-state index contributed by atoms with van der Waals surface area (Å²) < 4.78 is 7.07. The number of piperazine rings is 1.